The van der Waals surface area contributed by atoms with E-state index >= 15 is 0 Å². The Bertz CT molecular complexity index is 164. The molecule has 1 rings (SSSR count). The number of carbonyl (C=O) groups is 1. The third-order valence-electron chi connectivity index (χ3n) is 2.17. The summed E-state index contributed by atoms with van der Waals surface area (Å²) >= 11 is 0. The number of carbonyl (C=O) groups excluding carboxylic acids is 1. The van der Waals surface area contributed by atoms with Gasteiger partial charge in [0.15, 0.2) is 0 Å². The second-order valence-electron chi connectivity index (χ2n) is 3.13. The van der Waals surface area contributed by atoms with Crippen molar-refractivity contribution in [3.63, 3.8) is 0 Å². The molecule has 4 heteroatoms. The molecule has 1 saturated heterocycles. The Balaban J connectivity index is 2.50. The second kappa shape index (κ2) is 3.87. The molecular weight excluding hydrogens is 156 g/mol. The molecule has 3 N–H and O–H groups in total. The van der Waals surface area contributed by atoms with Gasteiger partial charge in [-0.25, -0.2) is 0 Å². The van der Waals surface area contributed by atoms with Gasteiger partial charge < -0.3 is 15.8 Å². The molecule has 0 aromatic heterocycles. The largest absolute Gasteiger partial charge is 0.381 e. The lowest BCUT2D eigenvalue weighted by molar-refractivity contribution is -0.129. The molecule has 0 spiro atoms. The van der Waals surface area contributed by atoms with Gasteiger partial charge in [0, 0.05) is 19.8 Å². The predicted octanol–water partition coefficient (Wildman–Crippen LogP) is -0.370. The van der Waals surface area contributed by atoms with Crippen molar-refractivity contribution in [2.45, 2.75) is 25.3 Å². The van der Waals surface area contributed by atoms with E-state index in [0.717, 1.165) is 0 Å². The lowest BCUT2D eigenvalue weighted by atomic mass is 9.90. The molecule has 0 aliphatic carbocycles. The lowest BCUT2D eigenvalue weighted by Gasteiger charge is -2.31. The van der Waals surface area contributed by atoms with Crippen LogP contribution in [0.5, 0.6) is 0 Å². The zero-order chi connectivity index (χ0) is 9.03. The number of nitrogens with one attached hydrogen (secondary N) is 1. The first-order valence-corrected chi connectivity index (χ1v) is 4.34. The fourth-order valence-corrected chi connectivity index (χ4v) is 1.30. The average molecular weight is 172 g/mol. The quantitative estimate of drug-likeness (QED) is 0.597. The molecule has 12 heavy (non-hydrogen) atoms. The Morgan fingerprint density at radius 1 is 1.58 bits per heavy atom. The highest BCUT2D eigenvalue weighted by molar-refractivity contribution is 5.86. The molecule has 0 radical (unpaired) electrons. The second-order valence-corrected chi connectivity index (χ2v) is 3.13. The number of ether oxygens (including phenoxy) is 1. The molecule has 0 bridgehead atoms. The Morgan fingerprint density at radius 3 is 2.67 bits per heavy atom. The summed E-state index contributed by atoms with van der Waals surface area (Å²) < 4.78 is 5.13. The minimum Gasteiger partial charge on any atom is -0.381 e. The van der Waals surface area contributed by atoms with Gasteiger partial charge in [-0.2, -0.15) is 0 Å². The smallest absolute Gasteiger partial charge is 0.240 e. The van der Waals surface area contributed by atoms with Crippen molar-refractivity contribution < 1.29 is 9.53 Å². The van der Waals surface area contributed by atoms with Crippen molar-refractivity contribution in [1.29, 1.82) is 0 Å². The minimum atomic E-state index is -0.686. The average Bonchev–Trinajstić information content (AvgIpc) is 2.06. The molecule has 0 saturated carbocycles. The first kappa shape index (κ1) is 9.48. The van der Waals surface area contributed by atoms with Crippen molar-refractivity contribution >= 4 is 5.91 Å². The highest BCUT2D eigenvalue weighted by atomic mass is 16.5. The number of hydrogen-bond acceptors (Lipinski definition) is 3. The van der Waals surface area contributed by atoms with Crippen LogP contribution in [0, 0.1) is 0 Å². The summed E-state index contributed by atoms with van der Waals surface area (Å²) in [5.41, 5.74) is 5.21. The van der Waals surface area contributed by atoms with Crippen LogP contribution in [0.3, 0.4) is 0 Å². The van der Waals surface area contributed by atoms with Crippen molar-refractivity contribution in [2.24, 2.45) is 5.73 Å². The molecule has 1 fully saturated rings. The topological polar surface area (TPSA) is 64.4 Å². The lowest BCUT2D eigenvalue weighted by Crippen LogP contribution is -2.56. The van der Waals surface area contributed by atoms with Crippen molar-refractivity contribution in [3.05, 3.63) is 0 Å². The Morgan fingerprint density at radius 2 is 2.17 bits per heavy atom. The predicted molar refractivity (Wildman–Crippen MR) is 45.7 cm³/mol. The van der Waals surface area contributed by atoms with Gasteiger partial charge in [-0.05, 0) is 19.8 Å². The van der Waals surface area contributed by atoms with Crippen LogP contribution in [0.2, 0.25) is 0 Å². The zero-order valence-corrected chi connectivity index (χ0v) is 7.43. The molecule has 1 amide bonds. The van der Waals surface area contributed by atoms with E-state index in [9.17, 15) is 4.79 Å². The van der Waals surface area contributed by atoms with E-state index in [1.54, 1.807) is 0 Å². The monoisotopic (exact) mass is 172 g/mol. The van der Waals surface area contributed by atoms with Crippen molar-refractivity contribution in [3.8, 4) is 0 Å². The molecule has 1 aliphatic heterocycles. The summed E-state index contributed by atoms with van der Waals surface area (Å²) in [4.78, 5) is 11.4. The van der Waals surface area contributed by atoms with Crippen molar-refractivity contribution in [2.75, 3.05) is 19.8 Å². The van der Waals surface area contributed by atoms with Crippen LogP contribution < -0.4 is 11.1 Å². The standard InChI is InChI=1S/C8H16N2O2/c1-2-10-7(11)8(9)3-5-12-6-4-8/h2-6,9H2,1H3,(H,10,11). The zero-order valence-electron chi connectivity index (χ0n) is 7.43. The third kappa shape index (κ3) is 1.95. The molecule has 70 valence electrons. The summed E-state index contributed by atoms with van der Waals surface area (Å²) in [7, 11) is 0. The van der Waals surface area contributed by atoms with E-state index in [0.29, 0.717) is 32.6 Å². The third-order valence-corrected chi connectivity index (χ3v) is 2.17. The van der Waals surface area contributed by atoms with Crippen LogP contribution >= 0.6 is 0 Å². The molecule has 0 atom stereocenters. The maximum Gasteiger partial charge on any atom is 0.240 e. The highest BCUT2D eigenvalue weighted by Gasteiger charge is 2.35. The fraction of sp³-hybridized carbons (Fsp3) is 0.875. The van der Waals surface area contributed by atoms with Gasteiger partial charge >= 0.3 is 0 Å². The number of rotatable bonds is 2. The summed E-state index contributed by atoms with van der Waals surface area (Å²) in [5, 5.41) is 2.74. The molecule has 1 aliphatic rings. The van der Waals surface area contributed by atoms with Crippen LogP contribution in [-0.4, -0.2) is 31.2 Å². The van der Waals surface area contributed by atoms with Gasteiger partial charge in [0.2, 0.25) is 5.91 Å². The van der Waals surface area contributed by atoms with Gasteiger partial charge in [-0.15, -0.1) is 0 Å². The Hall–Kier alpha value is -0.610. The summed E-state index contributed by atoms with van der Waals surface area (Å²) in [6.07, 6.45) is 1.25. The van der Waals surface area contributed by atoms with Crippen LogP contribution in [0.4, 0.5) is 0 Å². The number of likely N-dealkylation sites (N-methyl/N-ethyl adjacent to an activating group) is 1. The SMILES string of the molecule is CCNC(=O)C1(N)CCOCC1. The molecule has 0 aromatic carbocycles. The first-order chi connectivity index (χ1) is 5.69. The van der Waals surface area contributed by atoms with E-state index in [4.69, 9.17) is 10.5 Å². The van der Waals surface area contributed by atoms with E-state index in [2.05, 4.69) is 5.32 Å². The number of hydrogen-bond donors (Lipinski definition) is 2. The van der Waals surface area contributed by atoms with Crippen LogP contribution in [0.15, 0.2) is 0 Å². The van der Waals surface area contributed by atoms with E-state index < -0.39 is 5.54 Å². The maximum absolute atomic E-state index is 11.4. The van der Waals surface area contributed by atoms with E-state index in [1.807, 2.05) is 6.92 Å². The molecule has 4 nitrogen and oxygen atoms in total. The summed E-state index contributed by atoms with van der Waals surface area (Å²) in [6, 6.07) is 0. The summed E-state index contributed by atoms with van der Waals surface area (Å²) in [5.74, 6) is -0.0479. The summed E-state index contributed by atoms with van der Waals surface area (Å²) in [6.45, 7) is 3.71. The van der Waals surface area contributed by atoms with Gasteiger partial charge in [-0.1, -0.05) is 0 Å². The molecule has 1 heterocycles. The highest BCUT2D eigenvalue weighted by Crippen LogP contribution is 2.17. The molecular formula is C8H16N2O2. The minimum absolute atomic E-state index is 0.0479. The van der Waals surface area contributed by atoms with Crippen LogP contribution in [-0.2, 0) is 9.53 Å². The Kier molecular flexibility index (Phi) is 3.05. The van der Waals surface area contributed by atoms with Gasteiger partial charge in [-0.3, -0.25) is 4.79 Å². The first-order valence-electron chi connectivity index (χ1n) is 4.34. The van der Waals surface area contributed by atoms with Crippen molar-refractivity contribution in [1.82, 2.24) is 5.32 Å². The molecule has 0 unspecified atom stereocenters. The van der Waals surface area contributed by atoms with E-state index in [1.165, 1.54) is 0 Å². The van der Waals surface area contributed by atoms with Gasteiger partial charge in [0.05, 0.1) is 5.54 Å². The van der Waals surface area contributed by atoms with Gasteiger partial charge in [0.25, 0.3) is 0 Å². The van der Waals surface area contributed by atoms with E-state index in [-0.39, 0.29) is 5.91 Å². The van der Waals surface area contributed by atoms with Crippen LogP contribution in [0.1, 0.15) is 19.8 Å². The number of nitrogens with two attached hydrogens (primary N) is 1. The van der Waals surface area contributed by atoms with Crippen LogP contribution in [0.25, 0.3) is 0 Å². The normalized spacial score (nSPS) is 21.8. The maximum atomic E-state index is 11.4. The van der Waals surface area contributed by atoms with Gasteiger partial charge in [0.1, 0.15) is 0 Å². The molecule has 0 aromatic rings. The number of amides is 1. The Labute approximate surface area is 72.5 Å². The fourth-order valence-electron chi connectivity index (χ4n) is 1.30.